The first-order chi connectivity index (χ1) is 6.83. The van der Waals surface area contributed by atoms with Gasteiger partial charge in [-0.1, -0.05) is 0 Å². The van der Waals surface area contributed by atoms with E-state index in [2.05, 4.69) is 10.6 Å². The Kier molecular flexibility index (Phi) is 8.76. The average Bonchev–Trinajstić information content (AvgIpc) is 2.68. The maximum atomic E-state index is 11.3. The molecule has 0 aromatic heterocycles. The van der Waals surface area contributed by atoms with Crippen LogP contribution in [-0.4, -0.2) is 38.8 Å². The highest BCUT2D eigenvalue weighted by atomic mass is 35.5. The molecule has 2 N–H and O–H groups in total. The summed E-state index contributed by atoms with van der Waals surface area (Å²) in [5.41, 5.74) is 0. The number of carbonyl (C=O) groups is 1. The second-order valence-electron chi connectivity index (χ2n) is 3.67. The number of hydrogen-bond acceptors (Lipinski definition) is 3. The second-order valence-corrected chi connectivity index (χ2v) is 3.67. The van der Waals surface area contributed by atoms with Gasteiger partial charge in [-0.3, -0.25) is 4.79 Å². The minimum atomic E-state index is 0. The first-order valence-electron chi connectivity index (χ1n) is 5.32. The number of carbonyl (C=O) groups excluding carboxylic acids is 1. The summed E-state index contributed by atoms with van der Waals surface area (Å²) in [6, 6.07) is 0.558. The molecule has 1 aliphatic rings. The van der Waals surface area contributed by atoms with Crippen LogP contribution in [0.5, 0.6) is 0 Å². The molecule has 1 unspecified atom stereocenters. The van der Waals surface area contributed by atoms with Crippen molar-refractivity contribution in [2.75, 3.05) is 26.8 Å². The molecule has 1 atom stereocenters. The second kappa shape index (κ2) is 8.95. The Morgan fingerprint density at radius 1 is 1.60 bits per heavy atom. The molecule has 0 saturated carbocycles. The van der Waals surface area contributed by atoms with Crippen molar-refractivity contribution >= 4 is 18.3 Å². The fourth-order valence-electron chi connectivity index (χ4n) is 1.69. The van der Waals surface area contributed by atoms with Crippen molar-refractivity contribution in [1.29, 1.82) is 0 Å². The monoisotopic (exact) mass is 236 g/mol. The van der Waals surface area contributed by atoms with Crippen LogP contribution in [0.15, 0.2) is 0 Å². The highest BCUT2D eigenvalue weighted by molar-refractivity contribution is 5.85. The van der Waals surface area contributed by atoms with Crippen LogP contribution in [0, 0.1) is 0 Å². The van der Waals surface area contributed by atoms with Crippen LogP contribution in [0.25, 0.3) is 0 Å². The van der Waals surface area contributed by atoms with E-state index in [1.807, 2.05) is 0 Å². The third-order valence-electron chi connectivity index (χ3n) is 2.51. The minimum Gasteiger partial charge on any atom is -0.383 e. The Balaban J connectivity index is 0.00000196. The van der Waals surface area contributed by atoms with Crippen molar-refractivity contribution < 1.29 is 9.53 Å². The predicted octanol–water partition coefficient (Wildman–Crippen LogP) is 0.703. The van der Waals surface area contributed by atoms with E-state index in [4.69, 9.17) is 4.74 Å². The molecule has 1 amide bonds. The first-order valence-corrected chi connectivity index (χ1v) is 5.32. The fraction of sp³-hybridized carbons (Fsp3) is 0.900. The van der Waals surface area contributed by atoms with Gasteiger partial charge in [0.15, 0.2) is 0 Å². The molecule has 5 heteroatoms. The van der Waals surface area contributed by atoms with Gasteiger partial charge in [-0.25, -0.2) is 0 Å². The van der Waals surface area contributed by atoms with Crippen molar-refractivity contribution in [3.63, 3.8) is 0 Å². The smallest absolute Gasteiger partial charge is 0.220 e. The van der Waals surface area contributed by atoms with Gasteiger partial charge >= 0.3 is 0 Å². The average molecular weight is 237 g/mol. The molecule has 0 radical (unpaired) electrons. The molecule has 1 aliphatic heterocycles. The Hall–Kier alpha value is -0.320. The summed E-state index contributed by atoms with van der Waals surface area (Å²) in [6.45, 7) is 2.32. The lowest BCUT2D eigenvalue weighted by molar-refractivity contribution is -0.121. The van der Waals surface area contributed by atoms with Gasteiger partial charge < -0.3 is 15.4 Å². The third-order valence-corrected chi connectivity index (χ3v) is 2.51. The van der Waals surface area contributed by atoms with E-state index in [1.54, 1.807) is 7.11 Å². The molecule has 0 bridgehead atoms. The molecular formula is C10H21ClN2O2. The van der Waals surface area contributed by atoms with Crippen LogP contribution >= 0.6 is 12.4 Å². The van der Waals surface area contributed by atoms with Crippen molar-refractivity contribution in [1.82, 2.24) is 10.6 Å². The first kappa shape index (κ1) is 14.7. The summed E-state index contributed by atoms with van der Waals surface area (Å²) in [6.07, 6.45) is 4.04. The van der Waals surface area contributed by atoms with Crippen LogP contribution < -0.4 is 10.6 Å². The van der Waals surface area contributed by atoms with E-state index in [0.29, 0.717) is 25.6 Å². The van der Waals surface area contributed by atoms with Crippen molar-refractivity contribution in [3.05, 3.63) is 0 Å². The van der Waals surface area contributed by atoms with Gasteiger partial charge in [0.05, 0.1) is 6.61 Å². The van der Waals surface area contributed by atoms with E-state index >= 15 is 0 Å². The van der Waals surface area contributed by atoms with Gasteiger partial charge in [0.2, 0.25) is 5.91 Å². The number of amides is 1. The fourth-order valence-corrected chi connectivity index (χ4v) is 1.69. The maximum absolute atomic E-state index is 11.3. The zero-order chi connectivity index (χ0) is 10.2. The zero-order valence-electron chi connectivity index (χ0n) is 9.25. The molecule has 4 nitrogen and oxygen atoms in total. The summed E-state index contributed by atoms with van der Waals surface area (Å²) < 4.78 is 4.84. The number of methoxy groups -OCH3 is 1. The third kappa shape index (κ3) is 6.71. The summed E-state index contributed by atoms with van der Waals surface area (Å²) in [5.74, 6) is 0.135. The van der Waals surface area contributed by atoms with Crippen molar-refractivity contribution in [2.45, 2.75) is 31.7 Å². The normalized spacial score (nSPS) is 19.7. The zero-order valence-corrected chi connectivity index (χ0v) is 10.1. The lowest BCUT2D eigenvalue weighted by Crippen LogP contribution is -2.29. The number of ether oxygens (including phenoxy) is 1. The highest BCUT2D eigenvalue weighted by Crippen LogP contribution is 2.10. The number of rotatable bonds is 6. The van der Waals surface area contributed by atoms with Crippen molar-refractivity contribution in [3.8, 4) is 0 Å². The lowest BCUT2D eigenvalue weighted by atomic mass is 10.1. The largest absolute Gasteiger partial charge is 0.383 e. The lowest BCUT2D eigenvalue weighted by Gasteiger charge is -2.09. The molecule has 1 rings (SSSR count). The standard InChI is InChI=1S/C10H20N2O2.ClH/c1-14-8-7-12-10(13)5-4-9-3-2-6-11-9;/h9,11H,2-8H2,1H3,(H,12,13);1H. The van der Waals surface area contributed by atoms with Gasteiger partial charge in [-0.15, -0.1) is 12.4 Å². The van der Waals surface area contributed by atoms with Crippen LogP contribution in [-0.2, 0) is 9.53 Å². The molecule has 15 heavy (non-hydrogen) atoms. The van der Waals surface area contributed by atoms with Crippen molar-refractivity contribution in [2.24, 2.45) is 0 Å². The van der Waals surface area contributed by atoms with E-state index in [0.717, 1.165) is 13.0 Å². The Bertz CT molecular complexity index is 173. The molecule has 1 saturated heterocycles. The summed E-state index contributed by atoms with van der Waals surface area (Å²) in [5, 5.41) is 6.19. The van der Waals surface area contributed by atoms with E-state index in [1.165, 1.54) is 12.8 Å². The molecule has 0 aromatic carbocycles. The Morgan fingerprint density at radius 2 is 2.40 bits per heavy atom. The van der Waals surface area contributed by atoms with Crippen LogP contribution in [0.4, 0.5) is 0 Å². The maximum Gasteiger partial charge on any atom is 0.220 e. The van der Waals surface area contributed by atoms with Crippen LogP contribution in [0.1, 0.15) is 25.7 Å². The van der Waals surface area contributed by atoms with E-state index < -0.39 is 0 Å². The summed E-state index contributed by atoms with van der Waals surface area (Å²) >= 11 is 0. The van der Waals surface area contributed by atoms with E-state index in [-0.39, 0.29) is 18.3 Å². The number of hydrogen-bond donors (Lipinski definition) is 2. The molecule has 0 aromatic rings. The molecule has 1 fully saturated rings. The summed E-state index contributed by atoms with van der Waals surface area (Å²) in [7, 11) is 1.63. The van der Waals surface area contributed by atoms with Crippen LogP contribution in [0.3, 0.4) is 0 Å². The van der Waals surface area contributed by atoms with Gasteiger partial charge in [-0.05, 0) is 25.8 Å². The predicted molar refractivity (Wildman–Crippen MR) is 62.4 cm³/mol. The van der Waals surface area contributed by atoms with Gasteiger partial charge in [0.1, 0.15) is 0 Å². The highest BCUT2D eigenvalue weighted by Gasteiger charge is 2.14. The number of halogens is 1. The topological polar surface area (TPSA) is 50.4 Å². The van der Waals surface area contributed by atoms with E-state index in [9.17, 15) is 4.79 Å². The quantitative estimate of drug-likeness (QED) is 0.668. The van der Waals surface area contributed by atoms with Gasteiger partial charge in [0.25, 0.3) is 0 Å². The molecule has 90 valence electrons. The molecule has 0 aliphatic carbocycles. The van der Waals surface area contributed by atoms with Crippen LogP contribution in [0.2, 0.25) is 0 Å². The van der Waals surface area contributed by atoms with Gasteiger partial charge in [0, 0.05) is 26.1 Å². The van der Waals surface area contributed by atoms with Gasteiger partial charge in [-0.2, -0.15) is 0 Å². The minimum absolute atomic E-state index is 0. The Morgan fingerprint density at radius 3 is 3.00 bits per heavy atom. The number of nitrogens with one attached hydrogen (secondary N) is 2. The molecular weight excluding hydrogens is 216 g/mol. The summed E-state index contributed by atoms with van der Waals surface area (Å²) in [4.78, 5) is 11.3. The Labute approximate surface area is 97.5 Å². The molecule has 0 spiro atoms. The molecule has 1 heterocycles. The SMILES string of the molecule is COCCNC(=O)CCC1CCCN1.Cl.